The average molecular weight is 386 g/mol. The Bertz CT molecular complexity index is 879. The Balaban J connectivity index is 2.25. The van der Waals surface area contributed by atoms with Crippen molar-refractivity contribution < 1.29 is 26.4 Å². The van der Waals surface area contributed by atoms with Gasteiger partial charge in [-0.25, -0.2) is 8.42 Å². The van der Waals surface area contributed by atoms with Gasteiger partial charge in [0.2, 0.25) is 0 Å². The second kappa shape index (κ2) is 7.77. The fraction of sp³-hybridized carbons (Fsp3) is 0.235. The summed E-state index contributed by atoms with van der Waals surface area (Å²) in [4.78, 5) is 11.6. The number of alkyl halides is 3. The lowest BCUT2D eigenvalue weighted by Crippen LogP contribution is -2.24. The van der Waals surface area contributed by atoms with Crippen LogP contribution in [0.25, 0.3) is 0 Å². The normalized spacial score (nSPS) is 11.8. The van der Waals surface area contributed by atoms with Crippen LogP contribution in [0, 0.1) is 0 Å². The largest absolute Gasteiger partial charge is 0.418 e. The molecule has 2 rings (SSSR count). The van der Waals surface area contributed by atoms with Gasteiger partial charge in [0.1, 0.15) is 0 Å². The minimum Gasteiger partial charge on any atom is -0.352 e. The molecule has 2 aromatic rings. The van der Waals surface area contributed by atoms with Crippen molar-refractivity contribution in [2.75, 3.05) is 11.3 Å². The van der Waals surface area contributed by atoms with Gasteiger partial charge in [0, 0.05) is 12.1 Å². The van der Waals surface area contributed by atoms with Gasteiger partial charge < -0.3 is 5.32 Å². The monoisotopic (exact) mass is 386 g/mol. The van der Waals surface area contributed by atoms with Gasteiger partial charge in [-0.15, -0.1) is 0 Å². The number of carbonyl (C=O) groups is 1. The molecule has 0 atom stereocenters. The van der Waals surface area contributed by atoms with Crippen LogP contribution in [0.2, 0.25) is 0 Å². The molecule has 1 amide bonds. The third-order valence-electron chi connectivity index (χ3n) is 3.44. The number of para-hydroxylation sites is 1. The van der Waals surface area contributed by atoms with Gasteiger partial charge >= 0.3 is 6.18 Å². The van der Waals surface area contributed by atoms with Crippen molar-refractivity contribution in [3.63, 3.8) is 0 Å². The maximum absolute atomic E-state index is 13.0. The highest BCUT2D eigenvalue weighted by atomic mass is 32.2. The third-order valence-corrected chi connectivity index (χ3v) is 4.82. The van der Waals surface area contributed by atoms with E-state index < -0.39 is 27.5 Å². The maximum Gasteiger partial charge on any atom is 0.418 e. The highest BCUT2D eigenvalue weighted by molar-refractivity contribution is 7.92. The van der Waals surface area contributed by atoms with Crippen LogP contribution in [0.4, 0.5) is 18.9 Å². The minimum absolute atomic E-state index is 0.249. The maximum atomic E-state index is 13.0. The number of hydrogen-bond acceptors (Lipinski definition) is 3. The summed E-state index contributed by atoms with van der Waals surface area (Å²) in [5.41, 5.74) is -1.39. The summed E-state index contributed by atoms with van der Waals surface area (Å²) in [6.45, 7) is 2.37. The van der Waals surface area contributed by atoms with Crippen molar-refractivity contribution in [3.8, 4) is 0 Å². The van der Waals surface area contributed by atoms with Crippen LogP contribution in [-0.2, 0) is 16.2 Å². The standard InChI is InChI=1S/C17H17F3N2O3S/c1-2-11-21-16(23)12-7-9-13(10-8-12)26(24,25)22-15-6-4-3-5-14(15)17(18,19)20/h3-10,22H,2,11H2,1H3,(H,21,23). The first-order valence-corrected chi connectivity index (χ1v) is 9.21. The van der Waals surface area contributed by atoms with Crippen molar-refractivity contribution >= 4 is 21.6 Å². The van der Waals surface area contributed by atoms with E-state index in [1.54, 1.807) is 0 Å². The molecule has 0 saturated carbocycles. The Morgan fingerprint density at radius 2 is 1.65 bits per heavy atom. The molecule has 0 aliphatic heterocycles. The Morgan fingerprint density at radius 3 is 2.23 bits per heavy atom. The predicted molar refractivity (Wildman–Crippen MR) is 91.3 cm³/mol. The predicted octanol–water partition coefficient (Wildman–Crippen LogP) is 3.65. The lowest BCUT2D eigenvalue weighted by molar-refractivity contribution is -0.136. The molecule has 9 heteroatoms. The number of nitrogens with one attached hydrogen (secondary N) is 2. The number of rotatable bonds is 6. The fourth-order valence-electron chi connectivity index (χ4n) is 2.15. The van der Waals surface area contributed by atoms with E-state index in [0.717, 1.165) is 18.6 Å². The zero-order chi connectivity index (χ0) is 19.4. The minimum atomic E-state index is -4.69. The molecule has 2 N–H and O–H groups in total. The molecule has 0 spiro atoms. The zero-order valence-corrected chi connectivity index (χ0v) is 14.6. The lowest BCUT2D eigenvalue weighted by atomic mass is 10.2. The summed E-state index contributed by atoms with van der Waals surface area (Å²) in [6.07, 6.45) is -3.94. The van der Waals surface area contributed by atoms with Gasteiger partial charge in [0.15, 0.2) is 0 Å². The molecule has 0 aromatic heterocycles. The van der Waals surface area contributed by atoms with Gasteiger partial charge in [-0.05, 0) is 42.8 Å². The zero-order valence-electron chi connectivity index (χ0n) is 13.8. The SMILES string of the molecule is CCCNC(=O)c1ccc(S(=O)(=O)Nc2ccccc2C(F)(F)F)cc1. The van der Waals surface area contributed by atoms with E-state index in [1.807, 2.05) is 11.6 Å². The number of amides is 1. The summed E-state index contributed by atoms with van der Waals surface area (Å²) in [5, 5.41) is 2.64. The van der Waals surface area contributed by atoms with E-state index in [4.69, 9.17) is 0 Å². The molecule has 0 radical (unpaired) electrons. The number of halogens is 3. The smallest absolute Gasteiger partial charge is 0.352 e. The highest BCUT2D eigenvalue weighted by Crippen LogP contribution is 2.35. The second-order valence-electron chi connectivity index (χ2n) is 5.43. The van der Waals surface area contributed by atoms with Crippen molar-refractivity contribution in [2.24, 2.45) is 0 Å². The molecule has 5 nitrogen and oxygen atoms in total. The Kier molecular flexibility index (Phi) is 5.91. The van der Waals surface area contributed by atoms with Gasteiger partial charge in [0.05, 0.1) is 16.1 Å². The molecule has 0 fully saturated rings. The Labute approximate surface area is 149 Å². The number of sulfonamides is 1. The van der Waals surface area contributed by atoms with Crippen LogP contribution < -0.4 is 10.0 Å². The molecule has 0 aliphatic carbocycles. The van der Waals surface area contributed by atoms with Gasteiger partial charge in [-0.1, -0.05) is 19.1 Å². The highest BCUT2D eigenvalue weighted by Gasteiger charge is 2.34. The van der Waals surface area contributed by atoms with Crippen LogP contribution in [0.1, 0.15) is 29.3 Å². The van der Waals surface area contributed by atoms with Gasteiger partial charge in [-0.2, -0.15) is 13.2 Å². The van der Waals surface area contributed by atoms with Crippen LogP contribution in [0.3, 0.4) is 0 Å². The molecular weight excluding hydrogens is 369 g/mol. The molecule has 26 heavy (non-hydrogen) atoms. The van der Waals surface area contributed by atoms with Crippen LogP contribution in [0.15, 0.2) is 53.4 Å². The lowest BCUT2D eigenvalue weighted by Gasteiger charge is -2.14. The number of benzene rings is 2. The Hall–Kier alpha value is -2.55. The quantitative estimate of drug-likeness (QED) is 0.796. The van der Waals surface area contributed by atoms with E-state index in [-0.39, 0.29) is 16.4 Å². The van der Waals surface area contributed by atoms with Crippen LogP contribution >= 0.6 is 0 Å². The second-order valence-corrected chi connectivity index (χ2v) is 7.11. The molecule has 0 bridgehead atoms. The topological polar surface area (TPSA) is 75.3 Å². The first kappa shape index (κ1) is 19.8. The molecule has 0 heterocycles. The number of carbonyl (C=O) groups excluding carboxylic acids is 1. The summed E-state index contributed by atoms with van der Waals surface area (Å²) >= 11 is 0. The number of anilines is 1. The molecular formula is C17H17F3N2O3S. The first-order chi connectivity index (χ1) is 12.1. The fourth-order valence-corrected chi connectivity index (χ4v) is 3.23. The third kappa shape index (κ3) is 4.75. The van der Waals surface area contributed by atoms with E-state index in [2.05, 4.69) is 5.32 Å². The summed E-state index contributed by atoms with van der Waals surface area (Å²) in [7, 11) is -4.24. The van der Waals surface area contributed by atoms with Crippen LogP contribution in [-0.4, -0.2) is 20.9 Å². The van der Waals surface area contributed by atoms with Crippen LogP contribution in [0.5, 0.6) is 0 Å². The Morgan fingerprint density at radius 1 is 1.04 bits per heavy atom. The van der Waals surface area contributed by atoms with E-state index in [9.17, 15) is 26.4 Å². The molecule has 140 valence electrons. The molecule has 0 saturated heterocycles. The van der Waals surface area contributed by atoms with Crippen molar-refractivity contribution in [3.05, 3.63) is 59.7 Å². The van der Waals surface area contributed by atoms with Gasteiger partial charge in [-0.3, -0.25) is 9.52 Å². The average Bonchev–Trinajstić information content (AvgIpc) is 2.59. The first-order valence-electron chi connectivity index (χ1n) is 7.72. The van der Waals surface area contributed by atoms with E-state index >= 15 is 0 Å². The van der Waals surface area contributed by atoms with Crippen molar-refractivity contribution in [1.82, 2.24) is 5.32 Å². The number of hydrogen-bond donors (Lipinski definition) is 2. The molecule has 2 aromatic carbocycles. The van der Waals surface area contributed by atoms with E-state index in [0.29, 0.717) is 6.54 Å². The van der Waals surface area contributed by atoms with Gasteiger partial charge in [0.25, 0.3) is 15.9 Å². The summed E-state index contributed by atoms with van der Waals surface area (Å²) < 4.78 is 65.6. The van der Waals surface area contributed by atoms with Crippen molar-refractivity contribution in [1.29, 1.82) is 0 Å². The van der Waals surface area contributed by atoms with Crippen molar-refractivity contribution in [2.45, 2.75) is 24.4 Å². The molecule has 0 aliphatic rings. The molecule has 0 unspecified atom stereocenters. The summed E-state index contributed by atoms with van der Waals surface area (Å²) in [5.74, 6) is -0.355. The van der Waals surface area contributed by atoms with E-state index in [1.165, 1.54) is 36.4 Å². The summed E-state index contributed by atoms with van der Waals surface area (Å²) in [6, 6.07) is 9.23.